The van der Waals surface area contributed by atoms with Crippen molar-refractivity contribution in [1.29, 1.82) is 0 Å². The Labute approximate surface area is 166 Å². The Morgan fingerprint density at radius 1 is 0.929 bits per heavy atom. The van der Waals surface area contributed by atoms with Crippen LogP contribution in [0, 0.1) is 4.64 Å². The second kappa shape index (κ2) is 7.05. The van der Waals surface area contributed by atoms with E-state index in [4.69, 9.17) is 23.2 Å². The zero-order chi connectivity index (χ0) is 20.9. The Bertz CT molecular complexity index is 1100. The molecule has 1 aromatic carbocycles. The SMILES string of the molecule is O=S=c1[nH]n(-c2c(Cl)cc(C(F)(F)F)cc2Cl)c(-n2cccc2)c1C(F)(F)F. The molecule has 0 bridgehead atoms. The van der Waals surface area contributed by atoms with Crippen LogP contribution < -0.4 is 0 Å². The summed E-state index contributed by atoms with van der Waals surface area (Å²) < 4.78 is 91.9. The van der Waals surface area contributed by atoms with Crippen molar-refractivity contribution >= 4 is 34.5 Å². The first-order valence-corrected chi connectivity index (χ1v) is 8.70. The van der Waals surface area contributed by atoms with E-state index in [9.17, 15) is 30.6 Å². The van der Waals surface area contributed by atoms with Crippen molar-refractivity contribution in [3.63, 3.8) is 0 Å². The molecular formula is C15H7Cl2F6N3OS. The Kier molecular flexibility index (Phi) is 5.19. The number of hydrogen-bond acceptors (Lipinski definition) is 1. The van der Waals surface area contributed by atoms with Crippen LogP contribution in [0.1, 0.15) is 11.1 Å². The van der Waals surface area contributed by atoms with E-state index in [-0.39, 0.29) is 5.69 Å². The Hall–Kier alpha value is -2.11. The molecule has 0 saturated heterocycles. The van der Waals surface area contributed by atoms with E-state index in [1.54, 1.807) is 0 Å². The quantitative estimate of drug-likeness (QED) is 0.386. The van der Waals surface area contributed by atoms with Crippen LogP contribution in [0.25, 0.3) is 11.5 Å². The zero-order valence-electron chi connectivity index (χ0n) is 13.2. The maximum Gasteiger partial charge on any atom is 0.422 e. The maximum atomic E-state index is 13.6. The minimum absolute atomic E-state index is 0.370. The predicted molar refractivity (Wildman–Crippen MR) is 90.9 cm³/mol. The molecule has 28 heavy (non-hydrogen) atoms. The van der Waals surface area contributed by atoms with Crippen LogP contribution in [0.3, 0.4) is 0 Å². The first-order chi connectivity index (χ1) is 12.9. The first-order valence-electron chi connectivity index (χ1n) is 7.20. The van der Waals surface area contributed by atoms with Crippen molar-refractivity contribution in [1.82, 2.24) is 14.3 Å². The van der Waals surface area contributed by atoms with Gasteiger partial charge >= 0.3 is 12.4 Å². The van der Waals surface area contributed by atoms with Crippen molar-refractivity contribution in [3.05, 3.63) is 62.5 Å². The lowest BCUT2D eigenvalue weighted by Crippen LogP contribution is -2.13. The Balaban J connectivity index is 2.42. The smallest absolute Gasteiger partial charge is 0.308 e. The van der Waals surface area contributed by atoms with Crippen LogP contribution >= 0.6 is 23.2 Å². The van der Waals surface area contributed by atoms with Crippen molar-refractivity contribution in [3.8, 4) is 11.5 Å². The molecule has 1 N–H and O–H groups in total. The van der Waals surface area contributed by atoms with E-state index >= 15 is 0 Å². The molecule has 2 heterocycles. The van der Waals surface area contributed by atoms with Gasteiger partial charge in [-0.05, 0) is 24.3 Å². The van der Waals surface area contributed by atoms with E-state index in [1.807, 2.05) is 0 Å². The van der Waals surface area contributed by atoms with Gasteiger partial charge in [0.1, 0.15) is 22.5 Å². The van der Waals surface area contributed by atoms with Crippen LogP contribution in [0.4, 0.5) is 26.3 Å². The summed E-state index contributed by atoms with van der Waals surface area (Å²) in [4.78, 5) is 0. The van der Waals surface area contributed by atoms with Gasteiger partial charge in [0.25, 0.3) is 0 Å². The number of benzene rings is 1. The predicted octanol–water partition coefficient (Wildman–Crippen LogP) is 5.69. The van der Waals surface area contributed by atoms with E-state index in [0.29, 0.717) is 12.1 Å². The second-order valence-electron chi connectivity index (χ2n) is 5.43. The zero-order valence-corrected chi connectivity index (χ0v) is 15.5. The maximum absolute atomic E-state index is 13.6. The van der Waals surface area contributed by atoms with E-state index in [2.05, 4.69) is 5.10 Å². The molecule has 3 rings (SSSR count). The number of hydrogen-bond donors (Lipinski definition) is 1. The summed E-state index contributed by atoms with van der Waals surface area (Å²) in [6.45, 7) is 0. The number of nitrogens with one attached hydrogen (secondary N) is 1. The number of alkyl halides is 6. The molecular weight excluding hydrogens is 455 g/mol. The summed E-state index contributed by atoms with van der Waals surface area (Å²) in [5, 5.41) is 1.11. The highest BCUT2D eigenvalue weighted by Gasteiger charge is 2.40. The van der Waals surface area contributed by atoms with Crippen molar-refractivity contribution in [2.45, 2.75) is 12.4 Å². The van der Waals surface area contributed by atoms with Crippen LogP contribution in [-0.2, 0) is 23.6 Å². The number of halogens is 8. The minimum atomic E-state index is -4.95. The van der Waals surface area contributed by atoms with Gasteiger partial charge in [-0.1, -0.05) is 23.2 Å². The summed E-state index contributed by atoms with van der Waals surface area (Å²) in [6, 6.07) is 3.93. The van der Waals surface area contributed by atoms with Gasteiger partial charge in [-0.15, -0.1) is 0 Å². The average Bonchev–Trinajstić information content (AvgIpc) is 3.19. The highest BCUT2D eigenvalue weighted by Crippen LogP contribution is 2.41. The molecule has 2 aromatic heterocycles. The Morgan fingerprint density at radius 3 is 1.89 bits per heavy atom. The molecule has 13 heteroatoms. The number of aromatic nitrogens is 3. The number of aromatic amines is 1. The third kappa shape index (κ3) is 3.61. The molecule has 0 atom stereocenters. The van der Waals surface area contributed by atoms with Crippen molar-refractivity contribution in [2.75, 3.05) is 0 Å². The van der Waals surface area contributed by atoms with Crippen molar-refractivity contribution in [2.24, 2.45) is 0 Å². The summed E-state index contributed by atoms with van der Waals surface area (Å²) in [7, 11) is 0. The van der Waals surface area contributed by atoms with E-state index in [0.717, 1.165) is 9.25 Å². The first kappa shape index (κ1) is 20.6. The fourth-order valence-corrected chi connectivity index (χ4v) is 3.64. The molecule has 0 aliphatic rings. The highest BCUT2D eigenvalue weighted by atomic mass is 35.5. The lowest BCUT2D eigenvalue weighted by molar-refractivity contribution is -0.138. The third-order valence-corrected chi connectivity index (χ3v) is 4.70. The van der Waals surface area contributed by atoms with Crippen LogP contribution in [-0.4, -0.2) is 18.6 Å². The molecule has 0 fully saturated rings. The van der Waals surface area contributed by atoms with Gasteiger partial charge in [-0.25, -0.2) is 8.89 Å². The van der Waals surface area contributed by atoms with Gasteiger partial charge < -0.3 is 4.57 Å². The van der Waals surface area contributed by atoms with Gasteiger partial charge in [-0.2, -0.15) is 26.3 Å². The summed E-state index contributed by atoms with van der Waals surface area (Å²) in [5.41, 5.74) is -2.85. The molecule has 0 amide bonds. The van der Waals surface area contributed by atoms with Gasteiger partial charge in [0.2, 0.25) is 0 Å². The van der Waals surface area contributed by atoms with Gasteiger partial charge in [0.15, 0.2) is 10.5 Å². The Morgan fingerprint density at radius 2 is 1.46 bits per heavy atom. The van der Waals surface area contributed by atoms with Gasteiger partial charge in [0.05, 0.1) is 15.6 Å². The van der Waals surface area contributed by atoms with E-state index in [1.165, 1.54) is 24.5 Å². The fraction of sp³-hybridized carbons (Fsp3) is 0.133. The molecule has 0 spiro atoms. The normalized spacial score (nSPS) is 12.4. The van der Waals surface area contributed by atoms with Gasteiger partial charge in [0, 0.05) is 12.4 Å². The molecule has 0 unspecified atom stereocenters. The topological polar surface area (TPSA) is 42.7 Å². The molecule has 0 aliphatic heterocycles. The van der Waals surface area contributed by atoms with Crippen LogP contribution in [0.2, 0.25) is 10.0 Å². The lowest BCUT2D eigenvalue weighted by atomic mass is 10.2. The second-order valence-corrected chi connectivity index (χ2v) is 6.82. The number of rotatable bonds is 2. The molecule has 0 saturated carbocycles. The summed E-state index contributed by atoms with van der Waals surface area (Å²) >= 11 is 11.4. The fourth-order valence-electron chi connectivity index (χ4n) is 2.56. The molecule has 4 nitrogen and oxygen atoms in total. The van der Waals surface area contributed by atoms with E-state index < -0.39 is 55.2 Å². The van der Waals surface area contributed by atoms with Crippen LogP contribution in [0.15, 0.2) is 36.7 Å². The summed E-state index contributed by atoms with van der Waals surface area (Å²) in [5.74, 6) is -0.584. The average molecular weight is 462 g/mol. The number of nitrogens with zero attached hydrogens (tertiary/aromatic N) is 2. The van der Waals surface area contributed by atoms with Crippen molar-refractivity contribution < 1.29 is 30.6 Å². The van der Waals surface area contributed by atoms with Gasteiger partial charge in [-0.3, -0.25) is 5.10 Å². The standard InChI is InChI=1S/C15H7Cl2F6N3OS/c16-8-5-7(14(18,19)20)6-9(17)11(8)26-13(25-3-1-2-4-25)10(15(21,22)23)12(24-26)28-27/h1-6,24H. The molecule has 0 aliphatic carbocycles. The largest absolute Gasteiger partial charge is 0.422 e. The molecule has 0 radical (unpaired) electrons. The molecule has 3 aromatic rings. The number of H-pyrrole nitrogens is 1. The minimum Gasteiger partial charge on any atom is -0.308 e. The monoisotopic (exact) mass is 461 g/mol. The highest BCUT2D eigenvalue weighted by molar-refractivity contribution is 7.56. The molecule has 150 valence electrons. The van der Waals surface area contributed by atoms with Crippen LogP contribution in [0.5, 0.6) is 0 Å². The lowest BCUT2D eigenvalue weighted by Gasteiger charge is -2.16. The summed E-state index contributed by atoms with van der Waals surface area (Å²) in [6.07, 6.45) is -7.18. The third-order valence-electron chi connectivity index (χ3n) is 3.66.